The van der Waals surface area contributed by atoms with Gasteiger partial charge in [-0.2, -0.15) is 0 Å². The summed E-state index contributed by atoms with van der Waals surface area (Å²) in [5.41, 5.74) is 6.94. The maximum atomic E-state index is 13.4. The standard InChI is InChI=1S/C18H26BFN2O3/c1-12(23)22-11-15(19-24-17(2,3)18(4,5)25-19)8-13-6-7-16(20)9-14(13)10-21/h6-9H,10-11,21H2,1-5H3,(H,22,23). The van der Waals surface area contributed by atoms with Crippen molar-refractivity contribution in [3.8, 4) is 0 Å². The summed E-state index contributed by atoms with van der Waals surface area (Å²) in [7, 11) is -0.604. The number of halogens is 1. The zero-order chi connectivity index (χ0) is 18.8. The van der Waals surface area contributed by atoms with E-state index < -0.39 is 18.3 Å². The highest BCUT2D eigenvalue weighted by atomic mass is 19.1. The molecular weight excluding hydrogens is 322 g/mol. The van der Waals surface area contributed by atoms with Gasteiger partial charge in [0.25, 0.3) is 0 Å². The van der Waals surface area contributed by atoms with Crippen LogP contribution < -0.4 is 11.1 Å². The monoisotopic (exact) mass is 348 g/mol. The highest BCUT2D eigenvalue weighted by Gasteiger charge is 2.52. The molecule has 1 aliphatic rings. The maximum absolute atomic E-state index is 13.4. The van der Waals surface area contributed by atoms with Crippen LogP contribution in [0.4, 0.5) is 4.39 Å². The van der Waals surface area contributed by atoms with Crippen LogP contribution in [0.25, 0.3) is 6.08 Å². The molecule has 0 radical (unpaired) electrons. The fraction of sp³-hybridized carbons (Fsp3) is 0.500. The van der Waals surface area contributed by atoms with Gasteiger partial charge in [-0.15, -0.1) is 0 Å². The van der Waals surface area contributed by atoms with Crippen molar-refractivity contribution in [2.75, 3.05) is 6.54 Å². The van der Waals surface area contributed by atoms with Crippen LogP contribution in [0.2, 0.25) is 0 Å². The molecule has 7 heteroatoms. The second-order valence-corrected chi connectivity index (χ2v) is 7.26. The van der Waals surface area contributed by atoms with E-state index in [0.29, 0.717) is 5.56 Å². The molecule has 2 rings (SSSR count). The van der Waals surface area contributed by atoms with Crippen molar-refractivity contribution < 1.29 is 18.5 Å². The lowest BCUT2D eigenvalue weighted by atomic mass is 9.76. The number of amides is 1. The van der Waals surface area contributed by atoms with Crippen LogP contribution >= 0.6 is 0 Å². The van der Waals surface area contributed by atoms with Crippen LogP contribution in [0.15, 0.2) is 23.7 Å². The molecular formula is C18H26BFN2O3. The molecule has 1 heterocycles. The van der Waals surface area contributed by atoms with Crippen LogP contribution in [0, 0.1) is 5.82 Å². The van der Waals surface area contributed by atoms with Crippen molar-refractivity contribution >= 4 is 19.1 Å². The fourth-order valence-corrected chi connectivity index (χ4v) is 2.52. The molecule has 1 amide bonds. The number of benzene rings is 1. The molecule has 1 saturated heterocycles. The Morgan fingerprint density at radius 2 is 1.88 bits per heavy atom. The van der Waals surface area contributed by atoms with E-state index in [4.69, 9.17) is 15.0 Å². The fourth-order valence-electron chi connectivity index (χ4n) is 2.52. The number of hydrogen-bond acceptors (Lipinski definition) is 4. The summed E-state index contributed by atoms with van der Waals surface area (Å²) >= 11 is 0. The Morgan fingerprint density at radius 1 is 1.28 bits per heavy atom. The molecule has 1 aromatic carbocycles. The van der Waals surface area contributed by atoms with Gasteiger partial charge in [0.1, 0.15) is 5.82 Å². The third-order valence-corrected chi connectivity index (χ3v) is 4.76. The third-order valence-electron chi connectivity index (χ3n) is 4.76. The first-order valence-corrected chi connectivity index (χ1v) is 8.35. The van der Waals surface area contributed by atoms with Crippen LogP contribution in [-0.4, -0.2) is 30.8 Å². The Kier molecular flexibility index (Phi) is 5.71. The minimum Gasteiger partial charge on any atom is -0.400 e. The number of rotatable bonds is 5. The van der Waals surface area contributed by atoms with Gasteiger partial charge in [-0.05, 0) is 56.4 Å². The Morgan fingerprint density at radius 3 is 2.40 bits per heavy atom. The lowest BCUT2D eigenvalue weighted by Gasteiger charge is -2.32. The summed E-state index contributed by atoms with van der Waals surface area (Å²) in [6, 6.07) is 4.45. The van der Waals surface area contributed by atoms with Crippen molar-refractivity contribution in [2.24, 2.45) is 5.73 Å². The molecule has 5 nitrogen and oxygen atoms in total. The van der Waals surface area contributed by atoms with E-state index in [-0.39, 0.29) is 24.8 Å². The van der Waals surface area contributed by atoms with Crippen molar-refractivity contribution in [3.05, 3.63) is 40.6 Å². The average molecular weight is 348 g/mol. The summed E-state index contributed by atoms with van der Waals surface area (Å²) in [6.45, 7) is 9.79. The van der Waals surface area contributed by atoms with Gasteiger partial charge < -0.3 is 20.4 Å². The lowest BCUT2D eigenvalue weighted by Crippen LogP contribution is -2.41. The summed E-state index contributed by atoms with van der Waals surface area (Å²) in [6.07, 6.45) is 1.85. The third kappa shape index (κ3) is 4.48. The predicted octanol–water partition coefficient (Wildman–Crippen LogP) is 2.44. The van der Waals surface area contributed by atoms with E-state index in [0.717, 1.165) is 11.0 Å². The maximum Gasteiger partial charge on any atom is 0.492 e. The molecule has 0 saturated carbocycles. The Hall–Kier alpha value is -1.70. The van der Waals surface area contributed by atoms with Gasteiger partial charge >= 0.3 is 7.12 Å². The number of carbonyl (C=O) groups excluding carboxylic acids is 1. The van der Waals surface area contributed by atoms with E-state index in [1.807, 2.05) is 33.8 Å². The molecule has 0 aromatic heterocycles. The Balaban J connectivity index is 2.38. The van der Waals surface area contributed by atoms with Crippen molar-refractivity contribution in [1.82, 2.24) is 5.32 Å². The molecule has 0 unspecified atom stereocenters. The molecule has 0 spiro atoms. The van der Waals surface area contributed by atoms with Crippen molar-refractivity contribution in [3.63, 3.8) is 0 Å². The first-order chi connectivity index (χ1) is 11.6. The summed E-state index contributed by atoms with van der Waals surface area (Å²) in [4.78, 5) is 11.3. The summed E-state index contributed by atoms with van der Waals surface area (Å²) in [5.74, 6) is -0.489. The molecule has 25 heavy (non-hydrogen) atoms. The van der Waals surface area contributed by atoms with Gasteiger partial charge in [0, 0.05) is 20.0 Å². The number of nitrogens with two attached hydrogens (primary N) is 1. The molecule has 1 aliphatic heterocycles. The van der Waals surface area contributed by atoms with E-state index in [1.54, 1.807) is 6.07 Å². The second kappa shape index (κ2) is 7.27. The van der Waals surface area contributed by atoms with E-state index >= 15 is 0 Å². The largest absolute Gasteiger partial charge is 0.492 e. The highest BCUT2D eigenvalue weighted by Crippen LogP contribution is 2.38. The van der Waals surface area contributed by atoms with Gasteiger partial charge in [0.15, 0.2) is 0 Å². The number of nitrogens with one attached hydrogen (secondary N) is 1. The van der Waals surface area contributed by atoms with Gasteiger partial charge in [0.2, 0.25) is 5.91 Å². The smallest absolute Gasteiger partial charge is 0.400 e. The minimum absolute atomic E-state index is 0.152. The lowest BCUT2D eigenvalue weighted by molar-refractivity contribution is -0.118. The zero-order valence-electron chi connectivity index (χ0n) is 15.5. The van der Waals surface area contributed by atoms with Crippen molar-refractivity contribution in [1.29, 1.82) is 0 Å². The van der Waals surface area contributed by atoms with Crippen LogP contribution in [0.5, 0.6) is 0 Å². The minimum atomic E-state index is -0.604. The molecule has 0 bridgehead atoms. The van der Waals surface area contributed by atoms with Crippen LogP contribution in [-0.2, 0) is 20.6 Å². The van der Waals surface area contributed by atoms with E-state index in [1.165, 1.54) is 19.1 Å². The van der Waals surface area contributed by atoms with Gasteiger partial charge in [0.05, 0.1) is 11.2 Å². The number of carbonyl (C=O) groups is 1. The molecule has 136 valence electrons. The molecule has 1 aromatic rings. The normalized spacial score (nSPS) is 19.2. The first kappa shape index (κ1) is 19.6. The quantitative estimate of drug-likeness (QED) is 0.802. The Labute approximate surface area is 148 Å². The SMILES string of the molecule is CC(=O)NCC(=Cc1ccc(F)cc1CN)B1OC(C)(C)C(C)(C)O1. The molecule has 1 fully saturated rings. The number of hydrogen-bond donors (Lipinski definition) is 2. The topological polar surface area (TPSA) is 73.6 Å². The van der Waals surface area contributed by atoms with Crippen LogP contribution in [0.3, 0.4) is 0 Å². The van der Waals surface area contributed by atoms with Gasteiger partial charge in [-0.1, -0.05) is 12.1 Å². The molecule has 0 aliphatic carbocycles. The zero-order valence-corrected chi connectivity index (χ0v) is 15.5. The van der Waals surface area contributed by atoms with Crippen LogP contribution in [0.1, 0.15) is 45.7 Å². The summed E-state index contributed by atoms with van der Waals surface area (Å²) < 4.78 is 25.6. The van der Waals surface area contributed by atoms with Gasteiger partial charge in [-0.3, -0.25) is 4.79 Å². The highest BCUT2D eigenvalue weighted by molar-refractivity contribution is 6.56. The average Bonchev–Trinajstić information content (AvgIpc) is 2.72. The molecule has 0 atom stereocenters. The first-order valence-electron chi connectivity index (χ1n) is 8.35. The van der Waals surface area contributed by atoms with E-state index in [2.05, 4.69) is 5.32 Å². The molecule has 3 N–H and O–H groups in total. The van der Waals surface area contributed by atoms with Crippen molar-refractivity contribution in [2.45, 2.75) is 52.4 Å². The predicted molar refractivity (Wildman–Crippen MR) is 97.0 cm³/mol. The van der Waals surface area contributed by atoms with E-state index in [9.17, 15) is 9.18 Å². The second-order valence-electron chi connectivity index (χ2n) is 7.26. The Bertz CT molecular complexity index is 673. The summed E-state index contributed by atoms with van der Waals surface area (Å²) in [5, 5.41) is 2.77. The van der Waals surface area contributed by atoms with Gasteiger partial charge in [-0.25, -0.2) is 4.39 Å².